The van der Waals surface area contributed by atoms with Gasteiger partial charge in [0.15, 0.2) is 5.78 Å². The quantitative estimate of drug-likeness (QED) is 0.433. The first-order valence-corrected chi connectivity index (χ1v) is 8.88. The van der Waals surface area contributed by atoms with Crippen molar-refractivity contribution in [3.8, 4) is 0 Å². The highest BCUT2D eigenvalue weighted by molar-refractivity contribution is 8.00. The number of ketones is 1. The van der Waals surface area contributed by atoms with E-state index in [0.717, 1.165) is 4.90 Å². The Balaban J connectivity index is 1.87. The molecule has 0 atom stereocenters. The van der Waals surface area contributed by atoms with Gasteiger partial charge < -0.3 is 10.6 Å². The van der Waals surface area contributed by atoms with Gasteiger partial charge in [-0.2, -0.15) is 0 Å². The summed E-state index contributed by atoms with van der Waals surface area (Å²) in [4.78, 5) is 35.9. The molecule has 2 amide bonds. The van der Waals surface area contributed by atoms with Gasteiger partial charge in [-0.1, -0.05) is 36.4 Å². The van der Waals surface area contributed by atoms with Crippen LogP contribution in [0.1, 0.15) is 27.6 Å². The number of thioether (sulfide) groups is 1. The zero-order chi connectivity index (χ0) is 18.1. The number of carbonyl (C=O) groups excluding carboxylic acids is 3. The van der Waals surface area contributed by atoms with E-state index in [0.29, 0.717) is 30.0 Å². The van der Waals surface area contributed by atoms with Crippen molar-refractivity contribution < 1.29 is 14.4 Å². The number of amides is 2. The molecule has 6 heteroatoms. The van der Waals surface area contributed by atoms with Crippen LogP contribution < -0.4 is 10.6 Å². The van der Waals surface area contributed by atoms with E-state index in [1.807, 2.05) is 24.3 Å². The molecule has 0 unspecified atom stereocenters. The summed E-state index contributed by atoms with van der Waals surface area (Å²) in [5.41, 5.74) is 1.21. The molecule has 0 saturated carbocycles. The first-order chi connectivity index (χ1) is 12.1. The Hall–Kier alpha value is -2.60. The molecule has 130 valence electrons. The minimum absolute atomic E-state index is 0.0516. The van der Waals surface area contributed by atoms with Gasteiger partial charge in [-0.15, -0.1) is 11.8 Å². The Labute approximate surface area is 151 Å². The van der Waals surface area contributed by atoms with Crippen LogP contribution in [0.4, 0.5) is 0 Å². The fourth-order valence-corrected chi connectivity index (χ4v) is 2.95. The molecule has 5 nitrogen and oxygen atoms in total. The van der Waals surface area contributed by atoms with E-state index in [-0.39, 0.29) is 17.6 Å². The largest absolute Gasteiger partial charge is 0.355 e. The summed E-state index contributed by atoms with van der Waals surface area (Å²) in [5.74, 6) is 0.0335. The number of hydrogen-bond acceptors (Lipinski definition) is 4. The minimum Gasteiger partial charge on any atom is -0.355 e. The standard InChI is InChI=1S/C19H20N2O3S/c1-14(22)20-10-11-21-19(24)16-8-5-9-17(12-16)25-13-18(23)15-6-3-2-4-7-15/h2-9,12H,10-11,13H2,1H3,(H,20,22)(H,21,24). The smallest absolute Gasteiger partial charge is 0.251 e. The molecule has 0 aromatic heterocycles. The highest BCUT2D eigenvalue weighted by atomic mass is 32.2. The summed E-state index contributed by atoms with van der Waals surface area (Å²) >= 11 is 1.40. The maximum Gasteiger partial charge on any atom is 0.251 e. The molecule has 2 rings (SSSR count). The lowest BCUT2D eigenvalue weighted by Crippen LogP contribution is -2.33. The first-order valence-electron chi connectivity index (χ1n) is 7.90. The number of nitrogens with one attached hydrogen (secondary N) is 2. The van der Waals surface area contributed by atoms with E-state index < -0.39 is 0 Å². The predicted molar refractivity (Wildman–Crippen MR) is 99.0 cm³/mol. The van der Waals surface area contributed by atoms with Crippen molar-refractivity contribution in [1.29, 1.82) is 0 Å². The van der Waals surface area contributed by atoms with Crippen LogP contribution in [0.2, 0.25) is 0 Å². The van der Waals surface area contributed by atoms with E-state index in [1.54, 1.807) is 30.3 Å². The van der Waals surface area contributed by atoms with Crippen LogP contribution in [0.25, 0.3) is 0 Å². The predicted octanol–water partition coefficient (Wildman–Crippen LogP) is 2.53. The van der Waals surface area contributed by atoms with E-state index >= 15 is 0 Å². The molecule has 2 aromatic rings. The van der Waals surface area contributed by atoms with E-state index in [4.69, 9.17) is 0 Å². The maximum absolute atomic E-state index is 12.1. The lowest BCUT2D eigenvalue weighted by molar-refractivity contribution is -0.118. The van der Waals surface area contributed by atoms with Crippen molar-refractivity contribution >= 4 is 29.4 Å². The van der Waals surface area contributed by atoms with Gasteiger partial charge in [-0.25, -0.2) is 0 Å². The van der Waals surface area contributed by atoms with Crippen LogP contribution in [0, 0.1) is 0 Å². The fourth-order valence-electron chi connectivity index (χ4n) is 2.10. The van der Waals surface area contributed by atoms with Gasteiger partial charge >= 0.3 is 0 Å². The number of rotatable bonds is 8. The van der Waals surface area contributed by atoms with Crippen molar-refractivity contribution in [2.45, 2.75) is 11.8 Å². The zero-order valence-electron chi connectivity index (χ0n) is 14.0. The zero-order valence-corrected chi connectivity index (χ0v) is 14.8. The summed E-state index contributed by atoms with van der Waals surface area (Å²) in [6.45, 7) is 2.18. The summed E-state index contributed by atoms with van der Waals surface area (Å²) in [6, 6.07) is 16.3. The van der Waals surface area contributed by atoms with Gasteiger partial charge in [-0.05, 0) is 18.2 Å². The maximum atomic E-state index is 12.1. The van der Waals surface area contributed by atoms with Crippen LogP contribution in [-0.2, 0) is 4.79 Å². The summed E-state index contributed by atoms with van der Waals surface area (Å²) < 4.78 is 0. The normalized spacial score (nSPS) is 10.1. The molecule has 0 bridgehead atoms. The van der Waals surface area contributed by atoms with E-state index in [1.165, 1.54) is 18.7 Å². The Morgan fingerprint density at radius 1 is 0.880 bits per heavy atom. The number of carbonyl (C=O) groups is 3. The third-order valence-corrected chi connectivity index (χ3v) is 4.34. The molecule has 0 radical (unpaired) electrons. The second kappa shape index (κ2) is 9.64. The lowest BCUT2D eigenvalue weighted by atomic mass is 10.2. The summed E-state index contributed by atoms with van der Waals surface area (Å²) in [6.07, 6.45) is 0. The molecule has 0 saturated heterocycles. The first kappa shape index (κ1) is 18.7. The number of hydrogen-bond donors (Lipinski definition) is 2. The van der Waals surface area contributed by atoms with Gasteiger partial charge in [0.1, 0.15) is 0 Å². The Morgan fingerprint density at radius 2 is 1.56 bits per heavy atom. The van der Waals surface area contributed by atoms with Crippen molar-refractivity contribution in [1.82, 2.24) is 10.6 Å². The molecule has 0 fully saturated rings. The monoisotopic (exact) mass is 356 g/mol. The van der Waals surface area contributed by atoms with Crippen molar-refractivity contribution in [3.05, 3.63) is 65.7 Å². The third kappa shape index (κ3) is 6.43. The van der Waals surface area contributed by atoms with Crippen molar-refractivity contribution in [3.63, 3.8) is 0 Å². The molecular formula is C19H20N2O3S. The molecular weight excluding hydrogens is 336 g/mol. The lowest BCUT2D eigenvalue weighted by Gasteiger charge is -2.07. The van der Waals surface area contributed by atoms with Crippen LogP contribution >= 0.6 is 11.8 Å². The second-order valence-corrected chi connectivity index (χ2v) is 6.39. The molecule has 0 aliphatic carbocycles. The van der Waals surface area contributed by atoms with Gasteiger partial charge in [0.2, 0.25) is 5.91 Å². The van der Waals surface area contributed by atoms with Crippen LogP contribution in [0.3, 0.4) is 0 Å². The highest BCUT2D eigenvalue weighted by Gasteiger charge is 2.09. The molecule has 0 aliphatic heterocycles. The molecule has 2 N–H and O–H groups in total. The van der Waals surface area contributed by atoms with Crippen molar-refractivity contribution in [2.24, 2.45) is 0 Å². The summed E-state index contributed by atoms with van der Waals surface area (Å²) in [5, 5.41) is 5.36. The van der Waals surface area contributed by atoms with Crippen molar-refractivity contribution in [2.75, 3.05) is 18.8 Å². The SMILES string of the molecule is CC(=O)NCCNC(=O)c1cccc(SCC(=O)c2ccccc2)c1. The molecule has 0 heterocycles. The van der Waals surface area contributed by atoms with Crippen LogP contribution in [-0.4, -0.2) is 36.4 Å². The second-order valence-electron chi connectivity index (χ2n) is 5.34. The van der Waals surface area contributed by atoms with Crippen LogP contribution in [0.5, 0.6) is 0 Å². The van der Waals surface area contributed by atoms with E-state index in [9.17, 15) is 14.4 Å². The van der Waals surface area contributed by atoms with Gasteiger partial charge in [0.05, 0.1) is 5.75 Å². The molecule has 25 heavy (non-hydrogen) atoms. The molecule has 0 spiro atoms. The minimum atomic E-state index is -0.206. The number of Topliss-reactive ketones (excluding diaryl/α,β-unsaturated/α-hetero) is 1. The van der Waals surface area contributed by atoms with Crippen LogP contribution in [0.15, 0.2) is 59.5 Å². The average Bonchev–Trinajstić information content (AvgIpc) is 2.64. The Bertz CT molecular complexity index is 747. The number of benzene rings is 2. The summed E-state index contributed by atoms with van der Waals surface area (Å²) in [7, 11) is 0. The Morgan fingerprint density at radius 3 is 2.28 bits per heavy atom. The van der Waals surface area contributed by atoms with Gasteiger partial charge in [0, 0.05) is 36.0 Å². The van der Waals surface area contributed by atoms with E-state index in [2.05, 4.69) is 10.6 Å². The topological polar surface area (TPSA) is 75.3 Å². The molecule has 2 aromatic carbocycles. The fraction of sp³-hybridized carbons (Fsp3) is 0.211. The van der Waals surface area contributed by atoms with Gasteiger partial charge in [-0.3, -0.25) is 14.4 Å². The highest BCUT2D eigenvalue weighted by Crippen LogP contribution is 2.20. The average molecular weight is 356 g/mol. The Kier molecular flexibility index (Phi) is 7.22. The van der Waals surface area contributed by atoms with Gasteiger partial charge in [0.25, 0.3) is 5.91 Å². The third-order valence-electron chi connectivity index (χ3n) is 3.35. The molecule has 0 aliphatic rings.